The molecular weight excluding hydrogens is 332 g/mol. The summed E-state index contributed by atoms with van der Waals surface area (Å²) in [5, 5.41) is 3.31. The minimum absolute atomic E-state index is 0.00449. The maximum absolute atomic E-state index is 6.04. The van der Waals surface area contributed by atoms with E-state index in [2.05, 4.69) is 45.0 Å². The van der Waals surface area contributed by atoms with E-state index in [0.29, 0.717) is 6.04 Å². The lowest BCUT2D eigenvalue weighted by Gasteiger charge is -2.34. The minimum atomic E-state index is -0.00449. The fourth-order valence-corrected chi connectivity index (χ4v) is 3.75. The molecule has 0 radical (unpaired) electrons. The third-order valence-corrected chi connectivity index (χ3v) is 5.13. The average molecular weight is 355 g/mol. The van der Waals surface area contributed by atoms with Gasteiger partial charge in [0, 0.05) is 19.1 Å². The van der Waals surface area contributed by atoms with Crippen LogP contribution in [0.5, 0.6) is 0 Å². The van der Waals surface area contributed by atoms with Crippen molar-refractivity contribution >= 4 is 21.7 Å². The zero-order valence-corrected chi connectivity index (χ0v) is 14.3. The topological polar surface area (TPSA) is 50.3 Å². The van der Waals surface area contributed by atoms with E-state index >= 15 is 0 Å². The predicted molar refractivity (Wildman–Crippen MR) is 86.6 cm³/mol. The molecule has 0 amide bonds. The van der Waals surface area contributed by atoms with Gasteiger partial charge < -0.3 is 10.1 Å². The van der Waals surface area contributed by atoms with E-state index in [9.17, 15) is 0 Å². The number of nitrogens with one attached hydrogen (secondary N) is 1. The van der Waals surface area contributed by atoms with Crippen molar-refractivity contribution in [1.29, 1.82) is 0 Å². The van der Waals surface area contributed by atoms with E-state index in [1.807, 2.05) is 0 Å². The number of fused-ring (bicyclic) bond motifs is 1. The molecule has 0 saturated carbocycles. The van der Waals surface area contributed by atoms with Gasteiger partial charge in [0.15, 0.2) is 5.82 Å². The van der Waals surface area contributed by atoms with Crippen LogP contribution in [0.2, 0.25) is 0 Å². The van der Waals surface area contributed by atoms with Crippen LogP contribution in [0.4, 0.5) is 5.82 Å². The molecule has 2 aliphatic heterocycles. The highest BCUT2D eigenvalue weighted by molar-refractivity contribution is 9.10. The smallest absolute Gasteiger partial charge is 0.161 e. The first-order chi connectivity index (χ1) is 10.2. The average Bonchev–Trinajstić information content (AvgIpc) is 2.97. The summed E-state index contributed by atoms with van der Waals surface area (Å²) >= 11 is 3.61. The van der Waals surface area contributed by atoms with Gasteiger partial charge in [-0.15, -0.1) is 0 Å². The van der Waals surface area contributed by atoms with Crippen LogP contribution < -0.4 is 5.32 Å². The van der Waals surface area contributed by atoms with Gasteiger partial charge in [-0.25, -0.2) is 9.97 Å². The summed E-state index contributed by atoms with van der Waals surface area (Å²) in [6.07, 6.45) is 3.42. The van der Waals surface area contributed by atoms with Crippen LogP contribution in [0.25, 0.3) is 0 Å². The summed E-state index contributed by atoms with van der Waals surface area (Å²) in [5.74, 6) is 1.70. The molecule has 0 aliphatic carbocycles. The molecule has 2 unspecified atom stereocenters. The van der Waals surface area contributed by atoms with E-state index in [-0.39, 0.29) is 6.10 Å². The number of aryl methyl sites for hydroxylation is 1. The van der Waals surface area contributed by atoms with Crippen LogP contribution in [0.15, 0.2) is 4.47 Å². The largest absolute Gasteiger partial charge is 0.369 e. The maximum atomic E-state index is 6.04. The highest BCUT2D eigenvalue weighted by atomic mass is 79.9. The van der Waals surface area contributed by atoms with Crippen molar-refractivity contribution in [2.75, 3.05) is 31.6 Å². The second kappa shape index (κ2) is 6.58. The standard InChI is InChI=1S/C15H23BrN4O/c1-3-11-13(16)15(17-4-2)19-14(18-11)12-8-20-7-5-6-10(20)9-21-12/h10,12H,3-9H2,1-2H3,(H,17,18,19). The third kappa shape index (κ3) is 3.07. The van der Waals surface area contributed by atoms with Crippen molar-refractivity contribution < 1.29 is 4.74 Å². The monoisotopic (exact) mass is 354 g/mol. The van der Waals surface area contributed by atoms with Gasteiger partial charge in [-0.05, 0) is 48.7 Å². The molecule has 1 aromatic rings. The Labute approximate surface area is 134 Å². The van der Waals surface area contributed by atoms with Crippen molar-refractivity contribution in [2.24, 2.45) is 0 Å². The molecule has 116 valence electrons. The van der Waals surface area contributed by atoms with Crippen molar-refractivity contribution in [1.82, 2.24) is 14.9 Å². The molecule has 0 aromatic carbocycles. The highest BCUT2D eigenvalue weighted by Crippen LogP contribution is 2.31. The quantitative estimate of drug-likeness (QED) is 0.900. The number of anilines is 1. The molecule has 2 saturated heterocycles. The summed E-state index contributed by atoms with van der Waals surface area (Å²) in [7, 11) is 0. The minimum Gasteiger partial charge on any atom is -0.369 e. The SMILES string of the molecule is CCNc1nc(C2CN3CCCC3CO2)nc(CC)c1Br. The van der Waals surface area contributed by atoms with E-state index in [1.54, 1.807) is 0 Å². The Morgan fingerprint density at radius 3 is 3.00 bits per heavy atom. The fraction of sp³-hybridized carbons (Fsp3) is 0.733. The Balaban J connectivity index is 1.85. The van der Waals surface area contributed by atoms with Gasteiger partial charge in [0.25, 0.3) is 0 Å². The second-order valence-corrected chi connectivity index (χ2v) is 6.48. The maximum Gasteiger partial charge on any atom is 0.161 e. The zero-order valence-electron chi connectivity index (χ0n) is 12.7. The Morgan fingerprint density at radius 1 is 1.38 bits per heavy atom. The summed E-state index contributed by atoms with van der Waals surface area (Å²) in [6, 6.07) is 0.607. The van der Waals surface area contributed by atoms with Gasteiger partial charge in [0.05, 0.1) is 16.8 Å². The number of rotatable bonds is 4. The summed E-state index contributed by atoms with van der Waals surface area (Å²) in [6.45, 7) is 7.94. The number of hydrogen-bond acceptors (Lipinski definition) is 5. The third-order valence-electron chi connectivity index (χ3n) is 4.29. The van der Waals surface area contributed by atoms with Gasteiger partial charge in [0.2, 0.25) is 0 Å². The Morgan fingerprint density at radius 2 is 2.24 bits per heavy atom. The molecule has 2 aliphatic rings. The van der Waals surface area contributed by atoms with Crippen LogP contribution in [-0.2, 0) is 11.2 Å². The summed E-state index contributed by atoms with van der Waals surface area (Å²) in [4.78, 5) is 11.9. The lowest BCUT2D eigenvalue weighted by atomic mass is 10.1. The van der Waals surface area contributed by atoms with Crippen molar-refractivity contribution in [3.8, 4) is 0 Å². The molecule has 0 bridgehead atoms. The summed E-state index contributed by atoms with van der Waals surface area (Å²) in [5.41, 5.74) is 1.04. The predicted octanol–water partition coefficient (Wildman–Crippen LogP) is 2.77. The number of hydrogen-bond donors (Lipinski definition) is 1. The molecule has 0 spiro atoms. The first-order valence-electron chi connectivity index (χ1n) is 7.88. The summed E-state index contributed by atoms with van der Waals surface area (Å²) < 4.78 is 7.02. The number of halogens is 1. The molecule has 2 fully saturated rings. The molecular formula is C15H23BrN4O. The molecule has 3 heterocycles. The van der Waals surface area contributed by atoms with Gasteiger partial charge in [-0.1, -0.05) is 6.92 Å². The van der Waals surface area contributed by atoms with E-state index in [1.165, 1.54) is 19.4 Å². The normalized spacial score (nSPS) is 25.9. The molecule has 1 N–H and O–H groups in total. The number of ether oxygens (including phenoxy) is 1. The molecule has 2 atom stereocenters. The van der Waals surface area contributed by atoms with E-state index in [4.69, 9.17) is 9.72 Å². The number of aromatic nitrogens is 2. The first-order valence-corrected chi connectivity index (χ1v) is 8.68. The van der Waals surface area contributed by atoms with Crippen molar-refractivity contribution in [3.05, 3.63) is 16.0 Å². The van der Waals surface area contributed by atoms with Crippen LogP contribution in [0.1, 0.15) is 44.3 Å². The fourth-order valence-electron chi connectivity index (χ4n) is 3.15. The second-order valence-electron chi connectivity index (χ2n) is 5.69. The Kier molecular flexibility index (Phi) is 4.76. The molecule has 5 nitrogen and oxygen atoms in total. The van der Waals surface area contributed by atoms with Gasteiger partial charge >= 0.3 is 0 Å². The van der Waals surface area contributed by atoms with Crippen LogP contribution in [0.3, 0.4) is 0 Å². The lowest BCUT2D eigenvalue weighted by Crippen LogP contribution is -2.43. The first kappa shape index (κ1) is 15.2. The number of nitrogens with zero attached hydrogens (tertiary/aromatic N) is 3. The number of morpholine rings is 1. The van der Waals surface area contributed by atoms with Crippen LogP contribution in [-0.4, -0.2) is 47.2 Å². The Bertz CT molecular complexity index is 511. The van der Waals surface area contributed by atoms with Crippen LogP contribution >= 0.6 is 15.9 Å². The van der Waals surface area contributed by atoms with Crippen molar-refractivity contribution in [2.45, 2.75) is 45.3 Å². The molecule has 6 heteroatoms. The lowest BCUT2D eigenvalue weighted by molar-refractivity contribution is -0.0541. The molecule has 1 aromatic heterocycles. The van der Waals surface area contributed by atoms with Gasteiger partial charge in [0.1, 0.15) is 11.9 Å². The molecule has 3 rings (SSSR count). The van der Waals surface area contributed by atoms with E-state index < -0.39 is 0 Å². The van der Waals surface area contributed by atoms with Crippen molar-refractivity contribution in [3.63, 3.8) is 0 Å². The van der Waals surface area contributed by atoms with E-state index in [0.717, 1.165) is 47.9 Å². The highest BCUT2D eigenvalue weighted by Gasteiger charge is 2.34. The zero-order chi connectivity index (χ0) is 14.8. The molecule has 21 heavy (non-hydrogen) atoms. The van der Waals surface area contributed by atoms with Gasteiger partial charge in [-0.2, -0.15) is 0 Å². The van der Waals surface area contributed by atoms with Crippen LogP contribution in [0, 0.1) is 0 Å². The Hall–Kier alpha value is -0.720. The van der Waals surface area contributed by atoms with Gasteiger partial charge in [-0.3, -0.25) is 4.90 Å².